The fourth-order valence-electron chi connectivity index (χ4n) is 3.24. The lowest BCUT2D eigenvalue weighted by Crippen LogP contribution is -2.43. The SMILES string of the molecule is NC(=O)N(CCNc1cccc(Cl)c1F)C(=O)CCC1CCCCC1. The number of carbonyl (C=O) groups excluding carboxylic acids is 2. The summed E-state index contributed by atoms with van der Waals surface area (Å²) in [7, 11) is 0. The number of hydrogen-bond acceptors (Lipinski definition) is 3. The summed E-state index contributed by atoms with van der Waals surface area (Å²) in [5.74, 6) is -0.268. The standard InChI is InChI=1S/C18H25ClFN3O2/c19-14-7-4-8-15(17(14)20)22-11-12-23(18(21)25)16(24)10-9-13-5-2-1-3-6-13/h4,7-8,13,22H,1-3,5-6,9-12H2,(H2,21,25). The van der Waals surface area contributed by atoms with Crippen molar-refractivity contribution in [2.45, 2.75) is 44.9 Å². The Bertz CT molecular complexity index is 606. The third-order valence-electron chi connectivity index (χ3n) is 4.66. The summed E-state index contributed by atoms with van der Waals surface area (Å²) in [6.07, 6.45) is 7.11. The minimum atomic E-state index is -0.776. The molecule has 7 heteroatoms. The molecular formula is C18H25ClFN3O2. The minimum Gasteiger partial charge on any atom is -0.381 e. The lowest BCUT2D eigenvalue weighted by Gasteiger charge is -2.23. The van der Waals surface area contributed by atoms with Gasteiger partial charge in [-0.1, -0.05) is 49.8 Å². The number of anilines is 1. The summed E-state index contributed by atoms with van der Waals surface area (Å²) in [6.45, 7) is 0.292. The number of hydrogen-bond donors (Lipinski definition) is 2. The van der Waals surface area contributed by atoms with Crippen LogP contribution in [0.4, 0.5) is 14.9 Å². The second kappa shape index (κ2) is 9.61. The minimum absolute atomic E-state index is 0.0142. The maximum atomic E-state index is 13.8. The van der Waals surface area contributed by atoms with E-state index in [0.717, 1.165) is 24.2 Å². The van der Waals surface area contributed by atoms with Crippen LogP contribution in [0.5, 0.6) is 0 Å². The number of urea groups is 1. The summed E-state index contributed by atoms with van der Waals surface area (Å²) < 4.78 is 13.8. The molecule has 1 aromatic rings. The van der Waals surface area contributed by atoms with Crippen molar-refractivity contribution in [3.63, 3.8) is 0 Å². The topological polar surface area (TPSA) is 75.4 Å². The molecule has 1 aromatic carbocycles. The number of nitrogens with one attached hydrogen (secondary N) is 1. The summed E-state index contributed by atoms with van der Waals surface area (Å²) in [5, 5.41) is 2.85. The Balaban J connectivity index is 1.82. The molecule has 0 radical (unpaired) electrons. The largest absolute Gasteiger partial charge is 0.381 e. The molecule has 0 aromatic heterocycles. The number of nitrogens with two attached hydrogens (primary N) is 1. The highest BCUT2D eigenvalue weighted by Gasteiger charge is 2.21. The average molecular weight is 370 g/mol. The Morgan fingerprint density at radius 3 is 2.68 bits per heavy atom. The highest BCUT2D eigenvalue weighted by molar-refractivity contribution is 6.31. The van der Waals surface area contributed by atoms with Crippen LogP contribution in [-0.2, 0) is 4.79 Å². The number of benzene rings is 1. The van der Waals surface area contributed by atoms with Crippen LogP contribution in [-0.4, -0.2) is 29.9 Å². The van der Waals surface area contributed by atoms with Gasteiger partial charge in [0, 0.05) is 19.5 Å². The van der Waals surface area contributed by atoms with Gasteiger partial charge in [0.2, 0.25) is 5.91 Å². The zero-order valence-corrected chi connectivity index (χ0v) is 15.0. The summed E-state index contributed by atoms with van der Waals surface area (Å²) >= 11 is 5.72. The second-order valence-electron chi connectivity index (χ2n) is 6.45. The molecule has 5 nitrogen and oxygen atoms in total. The van der Waals surface area contributed by atoms with E-state index >= 15 is 0 Å². The van der Waals surface area contributed by atoms with Crippen molar-refractivity contribution in [3.05, 3.63) is 29.0 Å². The first-order chi connectivity index (χ1) is 12.0. The number of amides is 3. The van der Waals surface area contributed by atoms with E-state index in [1.54, 1.807) is 12.1 Å². The Morgan fingerprint density at radius 1 is 1.28 bits per heavy atom. The number of rotatable bonds is 7. The third kappa shape index (κ3) is 5.88. The predicted octanol–water partition coefficient (Wildman–Crippen LogP) is 4.16. The second-order valence-corrected chi connectivity index (χ2v) is 6.86. The van der Waals surface area contributed by atoms with Crippen molar-refractivity contribution in [2.75, 3.05) is 18.4 Å². The van der Waals surface area contributed by atoms with Crippen molar-refractivity contribution >= 4 is 29.2 Å². The van der Waals surface area contributed by atoms with Crippen LogP contribution in [0.2, 0.25) is 5.02 Å². The molecular weight excluding hydrogens is 345 g/mol. The van der Waals surface area contributed by atoms with Gasteiger partial charge in [0.1, 0.15) is 0 Å². The van der Waals surface area contributed by atoms with E-state index < -0.39 is 11.8 Å². The summed E-state index contributed by atoms with van der Waals surface area (Å²) in [5.41, 5.74) is 5.55. The molecule has 0 bridgehead atoms. The van der Waals surface area contributed by atoms with E-state index in [2.05, 4.69) is 5.32 Å². The Kier molecular flexibility index (Phi) is 7.50. The zero-order chi connectivity index (χ0) is 18.2. The lowest BCUT2D eigenvalue weighted by atomic mass is 9.86. The zero-order valence-electron chi connectivity index (χ0n) is 14.3. The first kappa shape index (κ1) is 19.5. The number of imide groups is 1. The number of primary amides is 1. The third-order valence-corrected chi connectivity index (χ3v) is 4.95. The number of nitrogens with zero attached hydrogens (tertiary/aromatic N) is 1. The van der Waals surface area contributed by atoms with Crippen LogP contribution in [0.25, 0.3) is 0 Å². The fourth-order valence-corrected chi connectivity index (χ4v) is 3.41. The van der Waals surface area contributed by atoms with Crippen LogP contribution in [0, 0.1) is 11.7 Å². The van der Waals surface area contributed by atoms with Crippen molar-refractivity contribution < 1.29 is 14.0 Å². The molecule has 1 aliphatic rings. The van der Waals surface area contributed by atoms with E-state index in [4.69, 9.17) is 17.3 Å². The van der Waals surface area contributed by atoms with Crippen molar-refractivity contribution in [1.82, 2.24) is 4.90 Å². The normalized spacial score (nSPS) is 15.0. The maximum absolute atomic E-state index is 13.8. The first-order valence-electron chi connectivity index (χ1n) is 8.76. The van der Waals surface area contributed by atoms with Gasteiger partial charge in [-0.15, -0.1) is 0 Å². The molecule has 138 valence electrons. The molecule has 1 aliphatic carbocycles. The highest BCUT2D eigenvalue weighted by Crippen LogP contribution is 2.27. The molecule has 0 atom stereocenters. The Labute approximate surface area is 152 Å². The molecule has 0 heterocycles. The van der Waals surface area contributed by atoms with E-state index in [0.29, 0.717) is 12.3 Å². The van der Waals surface area contributed by atoms with Gasteiger partial charge in [-0.05, 0) is 24.5 Å². The summed E-state index contributed by atoms with van der Waals surface area (Å²) in [6, 6.07) is 3.84. The highest BCUT2D eigenvalue weighted by atomic mass is 35.5. The van der Waals surface area contributed by atoms with Crippen molar-refractivity contribution in [3.8, 4) is 0 Å². The van der Waals surface area contributed by atoms with E-state index in [1.165, 1.54) is 25.3 Å². The molecule has 1 fully saturated rings. The van der Waals surface area contributed by atoms with Gasteiger partial charge in [0.05, 0.1) is 10.7 Å². The molecule has 0 unspecified atom stereocenters. The van der Waals surface area contributed by atoms with Gasteiger partial charge in [-0.25, -0.2) is 9.18 Å². The Hall–Kier alpha value is -1.82. The van der Waals surface area contributed by atoms with E-state index in [-0.39, 0.29) is 29.7 Å². The van der Waals surface area contributed by atoms with Crippen LogP contribution < -0.4 is 11.1 Å². The van der Waals surface area contributed by atoms with Crippen LogP contribution in [0.15, 0.2) is 18.2 Å². The lowest BCUT2D eigenvalue weighted by molar-refractivity contribution is -0.128. The molecule has 2 rings (SSSR count). The van der Waals surface area contributed by atoms with Crippen LogP contribution in [0.3, 0.4) is 0 Å². The number of halogens is 2. The molecule has 3 N–H and O–H groups in total. The summed E-state index contributed by atoms with van der Waals surface area (Å²) in [4.78, 5) is 24.9. The monoisotopic (exact) mass is 369 g/mol. The molecule has 25 heavy (non-hydrogen) atoms. The molecule has 0 spiro atoms. The molecule has 0 aliphatic heterocycles. The first-order valence-corrected chi connectivity index (χ1v) is 9.14. The average Bonchev–Trinajstić information content (AvgIpc) is 2.60. The quantitative estimate of drug-likeness (QED) is 0.757. The Morgan fingerprint density at radius 2 is 2.00 bits per heavy atom. The van der Waals surface area contributed by atoms with Gasteiger partial charge >= 0.3 is 6.03 Å². The van der Waals surface area contributed by atoms with E-state index in [9.17, 15) is 14.0 Å². The smallest absolute Gasteiger partial charge is 0.321 e. The van der Waals surface area contributed by atoms with E-state index in [1.807, 2.05) is 0 Å². The van der Waals surface area contributed by atoms with Crippen molar-refractivity contribution in [1.29, 1.82) is 0 Å². The molecule has 1 saturated carbocycles. The predicted molar refractivity (Wildman–Crippen MR) is 97.0 cm³/mol. The molecule has 3 amide bonds. The van der Waals surface area contributed by atoms with Gasteiger partial charge in [-0.2, -0.15) is 0 Å². The van der Waals surface area contributed by atoms with Crippen LogP contribution in [0.1, 0.15) is 44.9 Å². The van der Waals surface area contributed by atoms with Gasteiger partial charge in [-0.3, -0.25) is 9.69 Å². The molecule has 0 saturated heterocycles. The van der Waals surface area contributed by atoms with Gasteiger partial charge < -0.3 is 11.1 Å². The van der Waals surface area contributed by atoms with Gasteiger partial charge in [0.15, 0.2) is 5.82 Å². The van der Waals surface area contributed by atoms with Crippen LogP contribution >= 0.6 is 11.6 Å². The maximum Gasteiger partial charge on any atom is 0.321 e. The van der Waals surface area contributed by atoms with Gasteiger partial charge in [0.25, 0.3) is 0 Å². The number of carbonyl (C=O) groups is 2. The van der Waals surface area contributed by atoms with Crippen molar-refractivity contribution in [2.24, 2.45) is 11.7 Å². The fraction of sp³-hybridized carbons (Fsp3) is 0.556.